The van der Waals surface area contributed by atoms with E-state index in [2.05, 4.69) is 4.90 Å². The molecule has 1 atom stereocenters. The van der Waals surface area contributed by atoms with Crippen molar-refractivity contribution in [3.8, 4) is 6.07 Å². The molecular formula is C28H27ClN4O3S. The van der Waals surface area contributed by atoms with Gasteiger partial charge in [-0.3, -0.25) is 14.0 Å². The molecule has 2 aliphatic heterocycles. The number of nitrogens with two attached hydrogens (primary N) is 1. The monoisotopic (exact) mass is 534 g/mol. The smallest absolute Gasteiger partial charge is 0.264 e. The van der Waals surface area contributed by atoms with Crippen LogP contribution in [0.4, 0.5) is 5.69 Å². The third-order valence-electron chi connectivity index (χ3n) is 7.85. The number of likely N-dealkylation sites (tertiary alicyclic amines) is 1. The molecule has 2 aliphatic rings. The Bertz CT molecular complexity index is 1510. The maximum atomic E-state index is 13.9. The van der Waals surface area contributed by atoms with E-state index in [0.717, 1.165) is 29.2 Å². The van der Waals surface area contributed by atoms with Crippen molar-refractivity contribution in [2.45, 2.75) is 42.7 Å². The van der Waals surface area contributed by atoms with Crippen molar-refractivity contribution in [2.24, 2.45) is 5.73 Å². The first kappa shape index (κ1) is 25.3. The third-order valence-corrected chi connectivity index (χ3v) is 10.1. The van der Waals surface area contributed by atoms with Gasteiger partial charge in [0.15, 0.2) is 0 Å². The molecule has 0 radical (unpaired) electrons. The first-order valence-corrected chi connectivity index (χ1v) is 13.9. The number of piperidine rings is 1. The number of sulfonamides is 1. The van der Waals surface area contributed by atoms with Gasteiger partial charge in [0.05, 0.1) is 28.3 Å². The Kier molecular flexibility index (Phi) is 6.48. The van der Waals surface area contributed by atoms with Crippen molar-refractivity contribution in [3.63, 3.8) is 0 Å². The Morgan fingerprint density at radius 3 is 2.41 bits per heavy atom. The van der Waals surface area contributed by atoms with Crippen molar-refractivity contribution in [1.82, 2.24) is 4.90 Å². The summed E-state index contributed by atoms with van der Waals surface area (Å²) in [5.74, 6) is -0.546. The maximum absolute atomic E-state index is 13.9. The van der Waals surface area contributed by atoms with Crippen LogP contribution in [0.1, 0.15) is 46.8 Å². The van der Waals surface area contributed by atoms with Gasteiger partial charge in [-0.15, -0.1) is 0 Å². The van der Waals surface area contributed by atoms with Crippen LogP contribution in [0.25, 0.3) is 0 Å². The number of amides is 1. The fourth-order valence-electron chi connectivity index (χ4n) is 5.76. The SMILES string of the molecule is CC1N(S(=O)(=O)c2ccc(C#N)cc2)c2ccc(C(N)=O)cc2C12CCN(Cc1ccccc1Cl)CC2. The summed E-state index contributed by atoms with van der Waals surface area (Å²) in [6.45, 7) is 4.15. The van der Waals surface area contributed by atoms with Gasteiger partial charge in [0.25, 0.3) is 10.0 Å². The second kappa shape index (κ2) is 9.49. The van der Waals surface area contributed by atoms with Crippen molar-refractivity contribution in [2.75, 3.05) is 17.4 Å². The fourth-order valence-corrected chi connectivity index (χ4v) is 7.69. The molecule has 1 fully saturated rings. The predicted molar refractivity (Wildman–Crippen MR) is 143 cm³/mol. The number of hydrogen-bond acceptors (Lipinski definition) is 5. The Labute approximate surface area is 222 Å². The molecule has 3 aromatic rings. The number of primary amides is 1. The van der Waals surface area contributed by atoms with E-state index in [1.54, 1.807) is 18.2 Å². The molecule has 37 heavy (non-hydrogen) atoms. The summed E-state index contributed by atoms with van der Waals surface area (Å²) >= 11 is 6.39. The number of nitrogens with zero attached hydrogens (tertiary/aromatic N) is 3. The van der Waals surface area contributed by atoms with Gasteiger partial charge in [0.1, 0.15) is 0 Å². The Balaban J connectivity index is 1.52. The highest BCUT2D eigenvalue weighted by Gasteiger charge is 2.53. The lowest BCUT2D eigenvalue weighted by molar-refractivity contribution is 0.0999. The van der Waals surface area contributed by atoms with E-state index in [0.29, 0.717) is 36.2 Å². The Hall–Kier alpha value is -3.38. The molecule has 0 aromatic heterocycles. The number of hydrogen-bond donors (Lipinski definition) is 1. The quantitative estimate of drug-likeness (QED) is 0.520. The molecule has 1 saturated heterocycles. The van der Waals surface area contributed by atoms with Gasteiger partial charge < -0.3 is 5.73 Å². The van der Waals surface area contributed by atoms with E-state index < -0.39 is 21.3 Å². The molecule has 1 amide bonds. The van der Waals surface area contributed by atoms with Gasteiger partial charge in [-0.25, -0.2) is 8.42 Å². The topological polar surface area (TPSA) is 107 Å². The second-order valence-electron chi connectivity index (χ2n) is 9.73. The lowest BCUT2D eigenvalue weighted by Crippen LogP contribution is -2.51. The average Bonchev–Trinajstić information content (AvgIpc) is 3.14. The van der Waals surface area contributed by atoms with E-state index in [1.165, 1.54) is 28.6 Å². The molecular weight excluding hydrogens is 508 g/mol. The first-order valence-electron chi connectivity index (χ1n) is 12.1. The average molecular weight is 535 g/mol. The second-order valence-corrected chi connectivity index (χ2v) is 12.0. The summed E-state index contributed by atoms with van der Waals surface area (Å²) < 4.78 is 29.3. The minimum atomic E-state index is -3.93. The molecule has 190 valence electrons. The van der Waals surface area contributed by atoms with Crippen LogP contribution in [0.2, 0.25) is 5.02 Å². The molecule has 0 bridgehead atoms. The molecule has 5 rings (SSSR count). The largest absolute Gasteiger partial charge is 0.366 e. The molecule has 3 aromatic carbocycles. The number of rotatable bonds is 5. The first-order chi connectivity index (χ1) is 17.7. The number of anilines is 1. The fraction of sp³-hybridized carbons (Fsp3) is 0.286. The van der Waals surface area contributed by atoms with E-state index in [4.69, 9.17) is 22.6 Å². The van der Waals surface area contributed by atoms with Crippen LogP contribution >= 0.6 is 11.6 Å². The lowest BCUT2D eigenvalue weighted by Gasteiger charge is -2.43. The predicted octanol–water partition coefficient (Wildman–Crippen LogP) is 4.44. The van der Waals surface area contributed by atoms with E-state index >= 15 is 0 Å². The Morgan fingerprint density at radius 2 is 1.78 bits per heavy atom. The van der Waals surface area contributed by atoms with Gasteiger partial charge in [-0.05, 0) is 92.5 Å². The van der Waals surface area contributed by atoms with E-state index in [1.807, 2.05) is 37.3 Å². The molecule has 7 nitrogen and oxygen atoms in total. The summed E-state index contributed by atoms with van der Waals surface area (Å²) in [5, 5.41) is 9.85. The number of nitriles is 1. The molecule has 0 aliphatic carbocycles. The molecule has 2 heterocycles. The number of halogens is 1. The molecule has 2 N–H and O–H groups in total. The minimum absolute atomic E-state index is 0.122. The molecule has 9 heteroatoms. The van der Waals surface area contributed by atoms with Gasteiger partial charge in [0.2, 0.25) is 5.91 Å². The van der Waals surface area contributed by atoms with Crippen LogP contribution < -0.4 is 10.0 Å². The molecule has 1 spiro atoms. The molecule has 1 unspecified atom stereocenters. The zero-order valence-corrected chi connectivity index (χ0v) is 22.0. The highest BCUT2D eigenvalue weighted by atomic mass is 35.5. The summed E-state index contributed by atoms with van der Waals surface area (Å²) in [7, 11) is -3.93. The summed E-state index contributed by atoms with van der Waals surface area (Å²) in [6, 6.07) is 20.4. The van der Waals surface area contributed by atoms with Crippen LogP contribution in [-0.2, 0) is 22.0 Å². The highest BCUT2D eigenvalue weighted by molar-refractivity contribution is 7.92. The normalized spacial score (nSPS) is 18.9. The van der Waals surface area contributed by atoms with Crippen LogP contribution in [0, 0.1) is 11.3 Å². The van der Waals surface area contributed by atoms with Gasteiger partial charge in [-0.1, -0.05) is 29.8 Å². The van der Waals surface area contributed by atoms with Crippen molar-refractivity contribution >= 4 is 33.2 Å². The van der Waals surface area contributed by atoms with Crippen LogP contribution in [0.15, 0.2) is 71.6 Å². The van der Waals surface area contributed by atoms with Gasteiger partial charge in [-0.2, -0.15) is 5.26 Å². The number of carbonyl (C=O) groups excluding carboxylic acids is 1. The number of fused-ring (bicyclic) bond motifs is 2. The van der Waals surface area contributed by atoms with Crippen LogP contribution in [-0.4, -0.2) is 38.4 Å². The highest BCUT2D eigenvalue weighted by Crippen LogP contribution is 2.53. The number of benzene rings is 3. The summed E-state index contributed by atoms with van der Waals surface area (Å²) in [5.41, 5.74) is 8.35. The third kappa shape index (κ3) is 4.27. The maximum Gasteiger partial charge on any atom is 0.264 e. The van der Waals surface area contributed by atoms with Crippen LogP contribution in [0.3, 0.4) is 0 Å². The van der Waals surface area contributed by atoms with Crippen molar-refractivity contribution in [1.29, 1.82) is 5.26 Å². The summed E-state index contributed by atoms with van der Waals surface area (Å²) in [6.07, 6.45) is 1.43. The lowest BCUT2D eigenvalue weighted by atomic mass is 9.70. The zero-order chi connectivity index (χ0) is 26.4. The van der Waals surface area contributed by atoms with E-state index in [9.17, 15) is 13.2 Å². The van der Waals surface area contributed by atoms with Gasteiger partial charge in [0, 0.05) is 22.5 Å². The Morgan fingerprint density at radius 1 is 1.11 bits per heavy atom. The zero-order valence-electron chi connectivity index (χ0n) is 20.4. The summed E-state index contributed by atoms with van der Waals surface area (Å²) in [4.78, 5) is 14.5. The van der Waals surface area contributed by atoms with Crippen molar-refractivity contribution < 1.29 is 13.2 Å². The van der Waals surface area contributed by atoms with Crippen molar-refractivity contribution in [3.05, 3.63) is 94.0 Å². The number of carbonyl (C=O) groups is 1. The van der Waals surface area contributed by atoms with E-state index in [-0.39, 0.29) is 10.9 Å². The van der Waals surface area contributed by atoms with Gasteiger partial charge >= 0.3 is 0 Å². The van der Waals surface area contributed by atoms with Crippen LogP contribution in [0.5, 0.6) is 0 Å². The standard InChI is InChI=1S/C28H27ClN4O3S/c1-19-28(12-14-32(15-13-28)18-22-4-2-3-5-25(22)29)24-16-21(27(31)34)8-11-26(24)33(19)37(35,36)23-9-6-20(17-30)7-10-23/h2-11,16,19H,12-15,18H2,1H3,(H2,31,34). The molecule has 0 saturated carbocycles. The minimum Gasteiger partial charge on any atom is -0.366 e.